The molecule has 0 aliphatic carbocycles. The van der Waals surface area contributed by atoms with Gasteiger partial charge in [0.2, 0.25) is 0 Å². The van der Waals surface area contributed by atoms with E-state index in [9.17, 15) is 0 Å². The normalized spacial score (nSPS) is 13.3. The number of amidine groups is 1. The van der Waals surface area contributed by atoms with Crippen molar-refractivity contribution >= 4 is 17.7 Å². The van der Waals surface area contributed by atoms with Gasteiger partial charge in [0.15, 0.2) is 0 Å². The van der Waals surface area contributed by atoms with Gasteiger partial charge in [-0.2, -0.15) is 0 Å². The van der Waals surface area contributed by atoms with Crippen molar-refractivity contribution in [3.05, 3.63) is 66.2 Å². The standard InChI is InChI=1S/C17H17N3/c1-3-7-15(8-4-1)13-20(14-17-18-11-12-19-17)16-9-5-2-6-10-16/h1-11H,12-14H2. The lowest BCUT2D eigenvalue weighted by molar-refractivity contribution is 0.880. The molecule has 0 N–H and O–H groups in total. The Morgan fingerprint density at radius 1 is 0.850 bits per heavy atom. The molecule has 0 aromatic heterocycles. The maximum atomic E-state index is 4.40. The summed E-state index contributed by atoms with van der Waals surface area (Å²) in [7, 11) is 0. The third-order valence-electron chi connectivity index (χ3n) is 3.27. The predicted molar refractivity (Wildman–Crippen MR) is 84.7 cm³/mol. The molecule has 2 aromatic carbocycles. The monoisotopic (exact) mass is 263 g/mol. The van der Waals surface area contributed by atoms with E-state index in [-0.39, 0.29) is 0 Å². The molecule has 0 unspecified atom stereocenters. The highest BCUT2D eigenvalue weighted by molar-refractivity contribution is 5.97. The van der Waals surface area contributed by atoms with Crippen LogP contribution in [0, 0.1) is 0 Å². The van der Waals surface area contributed by atoms with Crippen molar-refractivity contribution in [2.75, 3.05) is 18.0 Å². The topological polar surface area (TPSA) is 28.0 Å². The highest BCUT2D eigenvalue weighted by Gasteiger charge is 2.11. The number of hydrogen-bond donors (Lipinski definition) is 0. The van der Waals surface area contributed by atoms with Crippen LogP contribution in [-0.2, 0) is 6.54 Å². The summed E-state index contributed by atoms with van der Waals surface area (Å²) in [6.07, 6.45) is 1.86. The Morgan fingerprint density at radius 2 is 1.55 bits per heavy atom. The summed E-state index contributed by atoms with van der Waals surface area (Å²) in [6, 6.07) is 20.9. The maximum absolute atomic E-state index is 4.40. The van der Waals surface area contributed by atoms with E-state index >= 15 is 0 Å². The SMILES string of the molecule is C1=NC(CN(Cc2ccccc2)c2ccccc2)=NC1. The molecule has 3 heteroatoms. The molecule has 1 heterocycles. The van der Waals surface area contributed by atoms with Crippen LogP contribution >= 0.6 is 0 Å². The van der Waals surface area contributed by atoms with E-state index in [2.05, 4.69) is 63.4 Å². The molecule has 0 amide bonds. The van der Waals surface area contributed by atoms with Gasteiger partial charge < -0.3 is 4.90 Å². The molecule has 0 spiro atoms. The lowest BCUT2D eigenvalue weighted by Gasteiger charge is -2.24. The summed E-state index contributed by atoms with van der Waals surface area (Å²) in [4.78, 5) is 11.0. The van der Waals surface area contributed by atoms with Crippen LogP contribution in [0.15, 0.2) is 70.6 Å². The van der Waals surface area contributed by atoms with Crippen molar-refractivity contribution in [1.82, 2.24) is 0 Å². The highest BCUT2D eigenvalue weighted by Crippen LogP contribution is 2.17. The van der Waals surface area contributed by atoms with E-state index in [0.29, 0.717) is 6.54 Å². The number of benzene rings is 2. The average Bonchev–Trinajstić information content (AvgIpc) is 3.02. The van der Waals surface area contributed by atoms with Gasteiger partial charge in [0.1, 0.15) is 5.84 Å². The Kier molecular flexibility index (Phi) is 3.88. The van der Waals surface area contributed by atoms with Gasteiger partial charge in [0.05, 0.1) is 13.1 Å². The van der Waals surface area contributed by atoms with Crippen LogP contribution in [0.5, 0.6) is 0 Å². The van der Waals surface area contributed by atoms with Crippen molar-refractivity contribution in [2.45, 2.75) is 6.54 Å². The van der Waals surface area contributed by atoms with Gasteiger partial charge in [-0.15, -0.1) is 0 Å². The van der Waals surface area contributed by atoms with Crippen molar-refractivity contribution in [1.29, 1.82) is 0 Å². The first-order valence-corrected chi connectivity index (χ1v) is 6.81. The van der Waals surface area contributed by atoms with Gasteiger partial charge in [0, 0.05) is 18.4 Å². The summed E-state index contributed by atoms with van der Waals surface area (Å²) < 4.78 is 0. The molecule has 0 radical (unpaired) electrons. The Bertz CT molecular complexity index is 603. The maximum Gasteiger partial charge on any atom is 0.142 e. The third-order valence-corrected chi connectivity index (χ3v) is 3.27. The van der Waals surface area contributed by atoms with E-state index < -0.39 is 0 Å². The Labute approximate surface area is 119 Å². The Balaban J connectivity index is 1.81. The molecular weight excluding hydrogens is 246 g/mol. The zero-order valence-corrected chi connectivity index (χ0v) is 11.3. The van der Waals surface area contributed by atoms with Crippen LogP contribution < -0.4 is 4.90 Å². The average molecular weight is 263 g/mol. The third kappa shape index (κ3) is 3.12. The summed E-state index contributed by atoms with van der Waals surface area (Å²) in [6.45, 7) is 2.32. The molecule has 100 valence electrons. The molecule has 0 fully saturated rings. The van der Waals surface area contributed by atoms with E-state index in [0.717, 1.165) is 18.9 Å². The molecular formula is C17H17N3. The number of anilines is 1. The summed E-state index contributed by atoms with van der Waals surface area (Å²) in [5.41, 5.74) is 2.49. The molecule has 0 bridgehead atoms. The minimum Gasteiger partial charge on any atom is -0.360 e. The zero-order chi connectivity index (χ0) is 13.6. The lowest BCUT2D eigenvalue weighted by Crippen LogP contribution is -2.28. The number of para-hydroxylation sites is 1. The van der Waals surface area contributed by atoms with Crippen molar-refractivity contribution in [3.8, 4) is 0 Å². The van der Waals surface area contributed by atoms with Crippen molar-refractivity contribution < 1.29 is 0 Å². The first kappa shape index (κ1) is 12.6. The van der Waals surface area contributed by atoms with Crippen LogP contribution in [0.25, 0.3) is 0 Å². The Morgan fingerprint density at radius 3 is 2.20 bits per heavy atom. The quantitative estimate of drug-likeness (QED) is 0.814. The van der Waals surface area contributed by atoms with Crippen molar-refractivity contribution in [2.24, 2.45) is 9.98 Å². The molecule has 1 aliphatic heterocycles. The summed E-state index contributed by atoms with van der Waals surface area (Å²) in [5, 5.41) is 0. The lowest BCUT2D eigenvalue weighted by atomic mass is 10.2. The second-order valence-electron chi connectivity index (χ2n) is 4.75. The van der Waals surface area contributed by atoms with Crippen LogP contribution in [-0.4, -0.2) is 25.1 Å². The zero-order valence-electron chi connectivity index (χ0n) is 11.3. The molecule has 3 nitrogen and oxygen atoms in total. The van der Waals surface area contributed by atoms with E-state index in [4.69, 9.17) is 0 Å². The molecule has 20 heavy (non-hydrogen) atoms. The van der Waals surface area contributed by atoms with E-state index in [1.165, 1.54) is 11.3 Å². The van der Waals surface area contributed by atoms with Gasteiger partial charge in [-0.25, -0.2) is 4.99 Å². The minimum atomic E-state index is 0.712. The van der Waals surface area contributed by atoms with Gasteiger partial charge in [-0.3, -0.25) is 4.99 Å². The number of nitrogens with zero attached hydrogens (tertiary/aromatic N) is 3. The molecule has 3 rings (SSSR count). The van der Waals surface area contributed by atoms with Crippen LogP contribution in [0.2, 0.25) is 0 Å². The fraction of sp³-hybridized carbons (Fsp3) is 0.176. The fourth-order valence-electron chi connectivity index (χ4n) is 2.28. The number of hydrogen-bond acceptors (Lipinski definition) is 3. The van der Waals surface area contributed by atoms with Gasteiger partial charge in [-0.1, -0.05) is 48.5 Å². The van der Waals surface area contributed by atoms with E-state index in [1.54, 1.807) is 0 Å². The van der Waals surface area contributed by atoms with Gasteiger partial charge in [-0.05, 0) is 17.7 Å². The molecule has 1 aliphatic rings. The minimum absolute atomic E-state index is 0.712. The highest BCUT2D eigenvalue weighted by atomic mass is 15.2. The summed E-state index contributed by atoms with van der Waals surface area (Å²) >= 11 is 0. The molecule has 0 atom stereocenters. The van der Waals surface area contributed by atoms with Crippen LogP contribution in [0.3, 0.4) is 0 Å². The molecule has 0 saturated carbocycles. The van der Waals surface area contributed by atoms with E-state index in [1.807, 2.05) is 18.3 Å². The summed E-state index contributed by atoms with van der Waals surface area (Å²) in [5.74, 6) is 0.907. The van der Waals surface area contributed by atoms with Crippen LogP contribution in [0.4, 0.5) is 5.69 Å². The first-order chi connectivity index (χ1) is 9.92. The predicted octanol–water partition coefficient (Wildman–Crippen LogP) is 3.18. The van der Waals surface area contributed by atoms with Gasteiger partial charge in [0.25, 0.3) is 0 Å². The number of rotatable bonds is 5. The second kappa shape index (κ2) is 6.15. The molecule has 2 aromatic rings. The fourth-order valence-corrected chi connectivity index (χ4v) is 2.28. The van der Waals surface area contributed by atoms with Gasteiger partial charge >= 0.3 is 0 Å². The first-order valence-electron chi connectivity index (χ1n) is 6.81. The second-order valence-corrected chi connectivity index (χ2v) is 4.75. The largest absolute Gasteiger partial charge is 0.360 e. The van der Waals surface area contributed by atoms with Crippen molar-refractivity contribution in [3.63, 3.8) is 0 Å². The molecule has 0 saturated heterocycles. The number of aliphatic imine (C=N–C) groups is 2. The van der Waals surface area contributed by atoms with Crippen LogP contribution in [0.1, 0.15) is 5.56 Å². The Hall–Kier alpha value is -2.42. The smallest absolute Gasteiger partial charge is 0.142 e.